The number of hydrogen-bond donors (Lipinski definition) is 1. The first-order chi connectivity index (χ1) is 26.0. The van der Waals surface area contributed by atoms with Crippen LogP contribution in [0.3, 0.4) is 0 Å². The van der Waals surface area contributed by atoms with Crippen LogP contribution in [0.1, 0.15) is 217 Å². The van der Waals surface area contributed by atoms with Crippen LogP contribution in [0.25, 0.3) is 0 Å². The Hall–Kier alpha value is -2.16. The smallest absolute Gasteiger partial charge is 0.312 e. The molecule has 10 aliphatic carbocycles. The molecule has 0 radical (unpaired) electrons. The van der Waals surface area contributed by atoms with Gasteiger partial charge in [0.2, 0.25) is 0 Å². The Bertz CT molecular complexity index is 1500. The minimum absolute atomic E-state index is 0. The molecule has 1 saturated heterocycles. The van der Waals surface area contributed by atoms with Crippen LogP contribution in [-0.4, -0.2) is 58.0 Å². The summed E-state index contributed by atoms with van der Waals surface area (Å²) in [6, 6.07) is 0. The second-order valence-electron chi connectivity index (χ2n) is 22.6. The van der Waals surface area contributed by atoms with Gasteiger partial charge in [0.15, 0.2) is 0 Å². The molecule has 1 N–H and O–H groups in total. The number of aliphatic hydroxyl groups is 1. The van der Waals surface area contributed by atoms with Crippen molar-refractivity contribution in [2.45, 2.75) is 246 Å². The number of esters is 4. The molecule has 0 spiro atoms. The summed E-state index contributed by atoms with van der Waals surface area (Å²) in [6.45, 7) is 20.0. The van der Waals surface area contributed by atoms with Crippen LogP contribution in [-0.2, 0) is 38.1 Å². The van der Waals surface area contributed by atoms with Gasteiger partial charge in [0.25, 0.3) is 0 Å². The van der Waals surface area contributed by atoms with Gasteiger partial charge in [-0.3, -0.25) is 19.2 Å². The second-order valence-corrected chi connectivity index (χ2v) is 22.6. The van der Waals surface area contributed by atoms with Crippen molar-refractivity contribution in [2.75, 3.05) is 0 Å². The van der Waals surface area contributed by atoms with Crippen molar-refractivity contribution < 1.29 is 43.2 Å². The minimum Gasteiger partial charge on any atom is -0.459 e. The molecule has 10 saturated carbocycles. The summed E-state index contributed by atoms with van der Waals surface area (Å²) in [6.07, 6.45) is 16.1. The number of fused-ring (bicyclic) bond motifs is 1. The van der Waals surface area contributed by atoms with Gasteiger partial charge in [0, 0.05) is 18.3 Å². The number of carbonyl (C=O) groups is 4. The van der Waals surface area contributed by atoms with Crippen LogP contribution in [0.15, 0.2) is 0 Å². The van der Waals surface area contributed by atoms with Gasteiger partial charge in [0.05, 0.1) is 27.8 Å². The second kappa shape index (κ2) is 20.1. The Morgan fingerprint density at radius 3 is 1.52 bits per heavy atom. The molecule has 7 unspecified atom stereocenters. The van der Waals surface area contributed by atoms with Crippen LogP contribution in [0.5, 0.6) is 0 Å². The predicted octanol–water partition coefficient (Wildman–Crippen LogP) is 13.0. The number of hydrogen-bond acceptors (Lipinski definition) is 9. The zero-order valence-corrected chi connectivity index (χ0v) is 36.4. The zero-order valence-electron chi connectivity index (χ0n) is 36.4. The van der Waals surface area contributed by atoms with E-state index < -0.39 is 16.4 Å². The summed E-state index contributed by atoms with van der Waals surface area (Å²) in [5.74, 6) is 4.61. The summed E-state index contributed by atoms with van der Waals surface area (Å²) in [5.41, 5.74) is -2.28. The summed E-state index contributed by atoms with van der Waals surface area (Å²) < 4.78 is 23.2. The SMILES string of the molecule is C.C.C.C.C.C.CCC(C)(C)C(=O)OC1(C)C2CC3CC(C2)CC1C3.CCC(C)(C)C(=O)OC12CC3CC(CC(O)(C3)C1)C2.CCC(C)(C)C(=O)OC1C2CC3C(=O)OC1C3C2. The van der Waals surface area contributed by atoms with E-state index in [1.807, 2.05) is 55.4 Å². The summed E-state index contributed by atoms with van der Waals surface area (Å²) in [4.78, 5) is 48.6. The minimum atomic E-state index is -0.555. The molecule has 0 aromatic carbocycles. The quantitative estimate of drug-likeness (QED) is 0.178. The van der Waals surface area contributed by atoms with Crippen molar-refractivity contribution in [1.29, 1.82) is 0 Å². The van der Waals surface area contributed by atoms with E-state index in [9.17, 15) is 24.3 Å². The fourth-order valence-electron chi connectivity index (χ4n) is 13.0. The number of rotatable bonds is 9. The van der Waals surface area contributed by atoms with E-state index in [0.717, 1.165) is 69.6 Å². The third-order valence-electron chi connectivity index (χ3n) is 17.3. The van der Waals surface area contributed by atoms with E-state index in [2.05, 4.69) is 13.8 Å². The lowest BCUT2D eigenvalue weighted by Gasteiger charge is -2.59. The van der Waals surface area contributed by atoms with Gasteiger partial charge >= 0.3 is 23.9 Å². The van der Waals surface area contributed by atoms with Gasteiger partial charge in [-0.2, -0.15) is 0 Å². The van der Waals surface area contributed by atoms with Crippen LogP contribution in [0.2, 0.25) is 0 Å². The molecule has 7 atom stereocenters. The monoisotopic (exact) mass is 879 g/mol. The maximum atomic E-state index is 12.5. The van der Waals surface area contributed by atoms with E-state index in [4.69, 9.17) is 18.9 Å². The Labute approximate surface area is 381 Å². The van der Waals surface area contributed by atoms with Crippen molar-refractivity contribution in [3.63, 3.8) is 0 Å². The van der Waals surface area contributed by atoms with Crippen LogP contribution in [0, 0.1) is 69.5 Å². The van der Waals surface area contributed by atoms with E-state index in [1.54, 1.807) is 0 Å². The molecular weight excluding hydrogens is 781 g/mol. The fraction of sp³-hybridized carbons (Fsp3) is 0.925. The highest BCUT2D eigenvalue weighted by Crippen LogP contribution is 2.61. The third kappa shape index (κ3) is 10.6. The molecule has 11 rings (SSSR count). The lowest BCUT2D eigenvalue weighted by molar-refractivity contribution is -0.225. The van der Waals surface area contributed by atoms with Gasteiger partial charge in [-0.05, 0) is 180 Å². The normalized spacial score (nSPS) is 39.1. The molecule has 62 heavy (non-hydrogen) atoms. The van der Waals surface area contributed by atoms with Gasteiger partial charge in [0.1, 0.15) is 23.4 Å². The van der Waals surface area contributed by atoms with Gasteiger partial charge in [-0.1, -0.05) is 65.3 Å². The first-order valence-electron chi connectivity index (χ1n) is 22.7. The molecule has 1 aliphatic heterocycles. The average Bonchev–Trinajstić information content (AvgIpc) is 3.75. The van der Waals surface area contributed by atoms with Crippen molar-refractivity contribution in [3.05, 3.63) is 0 Å². The summed E-state index contributed by atoms with van der Waals surface area (Å²) in [7, 11) is 0. The fourth-order valence-corrected chi connectivity index (χ4v) is 13.0. The van der Waals surface area contributed by atoms with Crippen molar-refractivity contribution in [1.82, 2.24) is 0 Å². The maximum absolute atomic E-state index is 12.5. The first kappa shape index (κ1) is 57.9. The molecule has 1 heterocycles. The molecular formula is C53H98O9. The largest absolute Gasteiger partial charge is 0.459 e. The molecule has 0 aromatic heterocycles. The van der Waals surface area contributed by atoms with Crippen LogP contribution in [0.4, 0.5) is 0 Å². The average molecular weight is 879 g/mol. The highest BCUT2D eigenvalue weighted by Gasteiger charge is 2.64. The van der Waals surface area contributed by atoms with Gasteiger partial charge < -0.3 is 24.1 Å². The van der Waals surface area contributed by atoms with E-state index in [-0.39, 0.29) is 103 Å². The molecule has 11 fully saturated rings. The number of ether oxygens (including phenoxy) is 4. The Kier molecular flexibility index (Phi) is 18.8. The van der Waals surface area contributed by atoms with Crippen molar-refractivity contribution in [3.8, 4) is 0 Å². The highest BCUT2D eigenvalue weighted by molar-refractivity contribution is 5.79. The molecule has 9 nitrogen and oxygen atoms in total. The first-order valence-corrected chi connectivity index (χ1v) is 22.7. The molecule has 10 bridgehead atoms. The Morgan fingerprint density at radius 2 is 1.06 bits per heavy atom. The van der Waals surface area contributed by atoms with Gasteiger partial charge in [-0.25, -0.2) is 0 Å². The molecule has 364 valence electrons. The predicted molar refractivity (Wildman–Crippen MR) is 252 cm³/mol. The lowest BCUT2D eigenvalue weighted by Crippen LogP contribution is -2.61. The molecule has 0 amide bonds. The lowest BCUT2D eigenvalue weighted by atomic mass is 9.50. The van der Waals surface area contributed by atoms with E-state index in [1.165, 1.54) is 38.5 Å². The Balaban J connectivity index is 0.000000444. The molecule has 0 aromatic rings. The number of carbonyl (C=O) groups excluding carboxylic acids is 4. The van der Waals surface area contributed by atoms with Crippen molar-refractivity contribution >= 4 is 23.9 Å². The van der Waals surface area contributed by atoms with Crippen molar-refractivity contribution in [2.24, 2.45) is 69.5 Å². The third-order valence-corrected chi connectivity index (χ3v) is 17.3. The topological polar surface area (TPSA) is 125 Å². The summed E-state index contributed by atoms with van der Waals surface area (Å²) >= 11 is 0. The van der Waals surface area contributed by atoms with E-state index >= 15 is 0 Å². The highest BCUT2D eigenvalue weighted by atomic mass is 16.6. The van der Waals surface area contributed by atoms with Crippen LogP contribution >= 0.6 is 0 Å². The maximum Gasteiger partial charge on any atom is 0.312 e. The molecule has 9 heteroatoms. The van der Waals surface area contributed by atoms with Gasteiger partial charge in [-0.15, -0.1) is 0 Å². The van der Waals surface area contributed by atoms with Crippen LogP contribution < -0.4 is 0 Å². The standard InChI is InChI=1S/C17H28O2.C16H26O3.C14H20O4.6CH4/c1-5-16(2,3)15(18)19-17(4)13-7-11-6-12(9-13)10-14(17)8-11;1-4-14(2,3)13(17)19-16-8-11-5-12(9-16)7-15(18,6-11)10-16;1-4-14(2,3)13(16)18-10-7-5-8-9(6-7)12(15)17-11(8)10;;;;;;/h11-14H,5-10H2,1-4H3;11-12,18H,4-10H2,1-3H3;7-11H,4-6H2,1-3H3;6*1H4. The zero-order chi connectivity index (χ0) is 40.8. The Morgan fingerprint density at radius 1 is 0.629 bits per heavy atom. The molecule has 11 aliphatic rings. The van der Waals surface area contributed by atoms with E-state index in [0.29, 0.717) is 41.9 Å². The summed E-state index contributed by atoms with van der Waals surface area (Å²) in [5, 5.41) is 10.6.